The number of furan rings is 1. The third-order valence-electron chi connectivity index (χ3n) is 5.25. The van der Waals surface area contributed by atoms with Crippen molar-refractivity contribution in [3.8, 4) is 0 Å². The van der Waals surface area contributed by atoms with E-state index in [0.29, 0.717) is 18.8 Å². The molecule has 1 aromatic carbocycles. The molecule has 1 fully saturated rings. The number of hydrogen-bond donors (Lipinski definition) is 2. The van der Waals surface area contributed by atoms with Crippen molar-refractivity contribution in [1.29, 1.82) is 0 Å². The Bertz CT molecular complexity index is 968. The van der Waals surface area contributed by atoms with E-state index in [4.69, 9.17) is 9.41 Å². The van der Waals surface area contributed by atoms with Crippen LogP contribution in [0.3, 0.4) is 0 Å². The summed E-state index contributed by atoms with van der Waals surface area (Å²) < 4.78 is 5.24. The Morgan fingerprint density at radius 1 is 1.14 bits per heavy atom. The largest absolute Gasteiger partial charge is 0.459 e. The molecule has 0 unspecified atom stereocenters. The maximum atomic E-state index is 12.4. The summed E-state index contributed by atoms with van der Waals surface area (Å²) in [5.74, 6) is 1.27. The Morgan fingerprint density at radius 2 is 1.93 bits per heavy atom. The highest BCUT2D eigenvalue weighted by atomic mass is 16.3. The maximum absolute atomic E-state index is 12.4. The van der Waals surface area contributed by atoms with Crippen molar-refractivity contribution in [3.05, 3.63) is 60.2 Å². The second-order valence-electron chi connectivity index (χ2n) is 7.10. The molecule has 3 heterocycles. The molecule has 3 aromatic rings. The molecule has 0 saturated carbocycles. The van der Waals surface area contributed by atoms with Gasteiger partial charge in [-0.15, -0.1) is 0 Å². The fraction of sp³-hybridized carbons (Fsp3) is 0.364. The van der Waals surface area contributed by atoms with Crippen LogP contribution in [0.5, 0.6) is 0 Å². The summed E-state index contributed by atoms with van der Waals surface area (Å²) in [5.41, 5.74) is 2.45. The van der Waals surface area contributed by atoms with E-state index in [2.05, 4.69) is 46.5 Å². The summed E-state index contributed by atoms with van der Waals surface area (Å²) in [6, 6.07) is 11.8. The van der Waals surface area contributed by atoms with Gasteiger partial charge in [0.25, 0.3) is 5.91 Å². The number of fused-ring (bicyclic) bond motifs is 1. The van der Waals surface area contributed by atoms with Crippen LogP contribution in [-0.2, 0) is 6.42 Å². The Morgan fingerprint density at radius 3 is 2.69 bits per heavy atom. The molecule has 7 heteroatoms. The van der Waals surface area contributed by atoms with Crippen LogP contribution in [0.25, 0.3) is 10.9 Å². The molecule has 2 aromatic heterocycles. The molecular formula is C22H27N5O2. The number of nitrogens with one attached hydrogen (secondary N) is 2. The fourth-order valence-electron chi connectivity index (χ4n) is 3.72. The highest BCUT2D eigenvalue weighted by molar-refractivity contribution is 5.91. The average Bonchev–Trinajstić information content (AvgIpc) is 3.43. The number of para-hydroxylation sites is 1. The van der Waals surface area contributed by atoms with Crippen molar-refractivity contribution in [1.82, 2.24) is 20.1 Å². The number of aromatic amines is 1. The molecule has 0 radical (unpaired) electrons. The summed E-state index contributed by atoms with van der Waals surface area (Å²) in [6.07, 6.45) is 4.50. The van der Waals surface area contributed by atoms with Crippen LogP contribution in [0.2, 0.25) is 0 Å². The topological polar surface area (TPSA) is 76.9 Å². The van der Waals surface area contributed by atoms with Gasteiger partial charge in [0.2, 0.25) is 0 Å². The average molecular weight is 393 g/mol. The highest BCUT2D eigenvalue weighted by Crippen LogP contribution is 2.18. The minimum Gasteiger partial charge on any atom is -0.459 e. The molecule has 4 rings (SSSR count). The van der Waals surface area contributed by atoms with Crippen LogP contribution >= 0.6 is 0 Å². The van der Waals surface area contributed by atoms with E-state index in [-0.39, 0.29) is 5.91 Å². The zero-order chi connectivity index (χ0) is 20.1. The number of rotatable bonds is 5. The highest BCUT2D eigenvalue weighted by Gasteiger charge is 2.25. The van der Waals surface area contributed by atoms with Crippen molar-refractivity contribution in [2.24, 2.45) is 4.99 Å². The SMILES string of the molecule is CCNC(=NCCc1c[nH]c2ccccc12)N1CCN(C(=O)c2ccco2)CC1. The zero-order valence-electron chi connectivity index (χ0n) is 16.7. The molecule has 29 heavy (non-hydrogen) atoms. The summed E-state index contributed by atoms with van der Waals surface area (Å²) in [7, 11) is 0. The van der Waals surface area contributed by atoms with E-state index in [1.807, 2.05) is 11.0 Å². The number of amides is 1. The second-order valence-corrected chi connectivity index (χ2v) is 7.10. The number of guanidine groups is 1. The van der Waals surface area contributed by atoms with Gasteiger partial charge in [0.15, 0.2) is 11.7 Å². The number of H-pyrrole nitrogens is 1. The van der Waals surface area contributed by atoms with Gasteiger partial charge in [-0.1, -0.05) is 18.2 Å². The zero-order valence-corrected chi connectivity index (χ0v) is 16.7. The number of piperazine rings is 1. The van der Waals surface area contributed by atoms with Crippen LogP contribution in [-0.4, -0.2) is 65.9 Å². The Labute approximate surface area is 170 Å². The summed E-state index contributed by atoms with van der Waals surface area (Å²) in [5, 5.41) is 4.65. The number of carbonyl (C=O) groups excluding carboxylic acids is 1. The minimum absolute atomic E-state index is 0.0454. The number of nitrogens with zero attached hydrogens (tertiary/aromatic N) is 3. The van der Waals surface area contributed by atoms with Crippen LogP contribution in [0.15, 0.2) is 58.3 Å². The van der Waals surface area contributed by atoms with Gasteiger partial charge in [-0.3, -0.25) is 9.79 Å². The third-order valence-corrected chi connectivity index (χ3v) is 5.25. The van der Waals surface area contributed by atoms with E-state index in [1.54, 1.807) is 12.1 Å². The molecule has 1 aliphatic rings. The number of carbonyl (C=O) groups is 1. The van der Waals surface area contributed by atoms with Crippen LogP contribution in [0.4, 0.5) is 0 Å². The minimum atomic E-state index is -0.0454. The van der Waals surface area contributed by atoms with Crippen molar-refractivity contribution >= 4 is 22.8 Å². The summed E-state index contributed by atoms with van der Waals surface area (Å²) >= 11 is 0. The van der Waals surface area contributed by atoms with Gasteiger partial charge in [-0.05, 0) is 37.1 Å². The number of aromatic nitrogens is 1. The van der Waals surface area contributed by atoms with E-state index in [1.165, 1.54) is 17.2 Å². The van der Waals surface area contributed by atoms with Crippen molar-refractivity contribution < 1.29 is 9.21 Å². The fourth-order valence-corrected chi connectivity index (χ4v) is 3.72. The van der Waals surface area contributed by atoms with E-state index < -0.39 is 0 Å². The molecule has 0 spiro atoms. The van der Waals surface area contributed by atoms with Gasteiger partial charge in [-0.2, -0.15) is 0 Å². The number of aliphatic imine (C=N–C) groups is 1. The summed E-state index contributed by atoms with van der Waals surface area (Å²) in [4.78, 5) is 24.7. The Balaban J connectivity index is 1.35. The molecule has 2 N–H and O–H groups in total. The molecule has 152 valence electrons. The van der Waals surface area contributed by atoms with E-state index in [0.717, 1.165) is 44.1 Å². The number of hydrogen-bond acceptors (Lipinski definition) is 3. The molecule has 1 saturated heterocycles. The van der Waals surface area contributed by atoms with E-state index in [9.17, 15) is 4.79 Å². The molecule has 7 nitrogen and oxygen atoms in total. The summed E-state index contributed by atoms with van der Waals surface area (Å²) in [6.45, 7) is 6.44. The first-order chi connectivity index (χ1) is 14.3. The Kier molecular flexibility index (Phi) is 5.84. The lowest BCUT2D eigenvalue weighted by molar-refractivity contribution is 0.0657. The van der Waals surface area contributed by atoms with Crippen LogP contribution in [0.1, 0.15) is 23.0 Å². The maximum Gasteiger partial charge on any atom is 0.289 e. The smallest absolute Gasteiger partial charge is 0.289 e. The monoisotopic (exact) mass is 393 g/mol. The quantitative estimate of drug-likeness (QED) is 0.516. The van der Waals surface area contributed by atoms with Gasteiger partial charge in [0, 0.05) is 56.4 Å². The lowest BCUT2D eigenvalue weighted by Gasteiger charge is -2.36. The van der Waals surface area contributed by atoms with Crippen LogP contribution < -0.4 is 5.32 Å². The lowest BCUT2D eigenvalue weighted by atomic mass is 10.1. The van der Waals surface area contributed by atoms with Gasteiger partial charge in [0.05, 0.1) is 6.26 Å². The molecular weight excluding hydrogens is 366 g/mol. The molecule has 0 aliphatic carbocycles. The molecule has 1 amide bonds. The van der Waals surface area contributed by atoms with Crippen molar-refractivity contribution in [2.45, 2.75) is 13.3 Å². The van der Waals surface area contributed by atoms with Gasteiger partial charge >= 0.3 is 0 Å². The predicted molar refractivity (Wildman–Crippen MR) is 114 cm³/mol. The van der Waals surface area contributed by atoms with Gasteiger partial charge in [-0.25, -0.2) is 0 Å². The lowest BCUT2D eigenvalue weighted by Crippen LogP contribution is -2.53. The number of benzene rings is 1. The van der Waals surface area contributed by atoms with E-state index >= 15 is 0 Å². The van der Waals surface area contributed by atoms with Gasteiger partial charge < -0.3 is 24.5 Å². The predicted octanol–water partition coefficient (Wildman–Crippen LogP) is 2.73. The van der Waals surface area contributed by atoms with Crippen molar-refractivity contribution in [3.63, 3.8) is 0 Å². The molecule has 1 aliphatic heterocycles. The first kappa shape index (κ1) is 19.1. The van der Waals surface area contributed by atoms with Crippen LogP contribution in [0, 0.1) is 0 Å². The van der Waals surface area contributed by atoms with Crippen molar-refractivity contribution in [2.75, 3.05) is 39.3 Å². The van der Waals surface area contributed by atoms with Gasteiger partial charge in [0.1, 0.15) is 0 Å². The molecule has 0 atom stereocenters. The first-order valence-electron chi connectivity index (χ1n) is 10.2. The Hall–Kier alpha value is -3.22. The first-order valence-corrected chi connectivity index (χ1v) is 10.2. The third kappa shape index (κ3) is 4.29. The normalized spacial score (nSPS) is 15.1. The second kappa shape index (κ2) is 8.86. The standard InChI is InChI=1S/C22H27N5O2/c1-2-23-22(24-10-9-17-16-25-19-7-4-3-6-18(17)19)27-13-11-26(12-14-27)21(28)20-8-5-15-29-20/h3-8,15-16,25H,2,9-14H2,1H3,(H,23,24). The molecule has 0 bridgehead atoms.